The molecular formula is C9H7NO3. The van der Waals surface area contributed by atoms with Gasteiger partial charge in [0.2, 0.25) is 0 Å². The monoisotopic (exact) mass is 177 g/mol. The van der Waals surface area contributed by atoms with E-state index in [-0.39, 0.29) is 5.56 Å². The molecule has 4 nitrogen and oxygen atoms in total. The van der Waals surface area contributed by atoms with E-state index in [1.54, 1.807) is 12.1 Å². The average molecular weight is 177 g/mol. The molecule has 1 aromatic carbocycles. The van der Waals surface area contributed by atoms with Crippen LogP contribution in [0.15, 0.2) is 30.5 Å². The molecule has 0 aliphatic rings. The fourth-order valence-corrected chi connectivity index (χ4v) is 1.25. The largest absolute Gasteiger partial charge is 0.478 e. The predicted molar refractivity (Wildman–Crippen MR) is 46.1 cm³/mol. The SMILES string of the molecule is O=C(O)c1ccc2ccn(O)c2c1. The Labute approximate surface area is 73.6 Å². The van der Waals surface area contributed by atoms with Crippen molar-refractivity contribution in [2.75, 3.05) is 0 Å². The number of carboxylic acids is 1. The van der Waals surface area contributed by atoms with Crippen molar-refractivity contribution in [3.05, 3.63) is 36.0 Å². The number of fused-ring (bicyclic) bond motifs is 1. The van der Waals surface area contributed by atoms with E-state index in [1.165, 1.54) is 18.3 Å². The third kappa shape index (κ3) is 1.12. The van der Waals surface area contributed by atoms with Crippen LogP contribution >= 0.6 is 0 Å². The molecule has 13 heavy (non-hydrogen) atoms. The second-order valence-corrected chi connectivity index (χ2v) is 2.74. The van der Waals surface area contributed by atoms with Crippen LogP contribution in [0.3, 0.4) is 0 Å². The summed E-state index contributed by atoms with van der Waals surface area (Å²) in [7, 11) is 0. The fraction of sp³-hybridized carbons (Fsp3) is 0. The van der Waals surface area contributed by atoms with Crippen molar-refractivity contribution in [2.45, 2.75) is 0 Å². The zero-order valence-electron chi connectivity index (χ0n) is 6.64. The van der Waals surface area contributed by atoms with E-state index in [0.717, 1.165) is 10.1 Å². The van der Waals surface area contributed by atoms with Crippen molar-refractivity contribution >= 4 is 16.9 Å². The highest BCUT2D eigenvalue weighted by atomic mass is 16.5. The minimum Gasteiger partial charge on any atom is -0.478 e. The Balaban J connectivity index is 2.72. The highest BCUT2D eigenvalue weighted by molar-refractivity contribution is 5.93. The van der Waals surface area contributed by atoms with Crippen LogP contribution in [0.1, 0.15) is 10.4 Å². The molecule has 0 unspecified atom stereocenters. The third-order valence-corrected chi connectivity index (χ3v) is 1.92. The zero-order valence-corrected chi connectivity index (χ0v) is 6.64. The van der Waals surface area contributed by atoms with E-state index in [1.807, 2.05) is 0 Å². The number of rotatable bonds is 1. The molecule has 0 atom stereocenters. The van der Waals surface area contributed by atoms with Crippen molar-refractivity contribution in [2.24, 2.45) is 0 Å². The molecule has 0 amide bonds. The average Bonchev–Trinajstić information content (AvgIpc) is 2.47. The summed E-state index contributed by atoms with van der Waals surface area (Å²) < 4.78 is 0.905. The van der Waals surface area contributed by atoms with Crippen LogP contribution in [0, 0.1) is 0 Å². The Morgan fingerprint density at radius 3 is 2.77 bits per heavy atom. The molecule has 0 saturated heterocycles. The molecule has 0 fully saturated rings. The van der Waals surface area contributed by atoms with Crippen molar-refractivity contribution in [3.63, 3.8) is 0 Å². The first-order valence-electron chi connectivity index (χ1n) is 3.72. The summed E-state index contributed by atoms with van der Waals surface area (Å²) >= 11 is 0. The lowest BCUT2D eigenvalue weighted by Crippen LogP contribution is -1.96. The van der Waals surface area contributed by atoms with Crippen LogP contribution in [0.25, 0.3) is 10.9 Å². The molecule has 66 valence electrons. The van der Waals surface area contributed by atoms with Gasteiger partial charge in [-0.1, -0.05) is 6.07 Å². The Morgan fingerprint density at radius 1 is 1.31 bits per heavy atom. The van der Waals surface area contributed by atoms with Gasteiger partial charge in [0.25, 0.3) is 0 Å². The fourth-order valence-electron chi connectivity index (χ4n) is 1.25. The minimum atomic E-state index is -0.997. The number of benzene rings is 1. The molecular weight excluding hydrogens is 170 g/mol. The number of carbonyl (C=O) groups is 1. The summed E-state index contributed by atoms with van der Waals surface area (Å²) in [6.07, 6.45) is 1.47. The molecule has 0 radical (unpaired) electrons. The number of nitrogens with zero attached hydrogens (tertiary/aromatic N) is 1. The van der Waals surface area contributed by atoms with Gasteiger partial charge in [0.05, 0.1) is 11.1 Å². The highest BCUT2D eigenvalue weighted by Gasteiger charge is 2.05. The Hall–Kier alpha value is -1.97. The number of hydrogen-bond donors (Lipinski definition) is 2. The topological polar surface area (TPSA) is 62.5 Å². The van der Waals surface area contributed by atoms with E-state index >= 15 is 0 Å². The van der Waals surface area contributed by atoms with Crippen LogP contribution in [0.2, 0.25) is 0 Å². The molecule has 1 heterocycles. The smallest absolute Gasteiger partial charge is 0.335 e. The molecule has 2 aromatic rings. The summed E-state index contributed by atoms with van der Waals surface area (Å²) in [6.45, 7) is 0. The maximum Gasteiger partial charge on any atom is 0.335 e. The number of carboxylic acid groups (broad SMARTS) is 1. The molecule has 4 heteroatoms. The molecule has 0 saturated carbocycles. The van der Waals surface area contributed by atoms with Gasteiger partial charge in [-0.15, -0.1) is 0 Å². The summed E-state index contributed by atoms with van der Waals surface area (Å²) in [5.41, 5.74) is 0.668. The van der Waals surface area contributed by atoms with Crippen LogP contribution in [-0.2, 0) is 0 Å². The van der Waals surface area contributed by atoms with Gasteiger partial charge < -0.3 is 10.3 Å². The molecule has 0 spiro atoms. The summed E-state index contributed by atoms with van der Waals surface area (Å²) in [5.74, 6) is -0.997. The quantitative estimate of drug-likeness (QED) is 0.650. The lowest BCUT2D eigenvalue weighted by molar-refractivity contribution is 0.0697. The van der Waals surface area contributed by atoms with Gasteiger partial charge in [-0.3, -0.25) is 0 Å². The van der Waals surface area contributed by atoms with E-state index in [4.69, 9.17) is 5.11 Å². The second-order valence-electron chi connectivity index (χ2n) is 2.74. The number of aromatic carboxylic acids is 1. The van der Waals surface area contributed by atoms with Gasteiger partial charge in [-0.2, -0.15) is 4.73 Å². The van der Waals surface area contributed by atoms with Gasteiger partial charge >= 0.3 is 5.97 Å². The molecule has 0 bridgehead atoms. The lowest BCUT2D eigenvalue weighted by atomic mass is 10.2. The molecule has 2 N–H and O–H groups in total. The third-order valence-electron chi connectivity index (χ3n) is 1.92. The summed E-state index contributed by atoms with van der Waals surface area (Å²) in [6, 6.07) is 6.30. The maximum atomic E-state index is 10.6. The van der Waals surface area contributed by atoms with Crippen molar-refractivity contribution in [3.8, 4) is 0 Å². The van der Waals surface area contributed by atoms with Crippen LogP contribution < -0.4 is 0 Å². The van der Waals surface area contributed by atoms with Crippen LogP contribution in [0.4, 0.5) is 0 Å². The van der Waals surface area contributed by atoms with Crippen LogP contribution in [0.5, 0.6) is 0 Å². The van der Waals surface area contributed by atoms with E-state index < -0.39 is 5.97 Å². The summed E-state index contributed by atoms with van der Waals surface area (Å²) in [5, 5.41) is 18.7. The Kier molecular flexibility index (Phi) is 1.48. The van der Waals surface area contributed by atoms with Gasteiger partial charge in [-0.05, 0) is 18.2 Å². The van der Waals surface area contributed by atoms with E-state index in [0.29, 0.717) is 5.52 Å². The normalized spacial score (nSPS) is 10.5. The lowest BCUT2D eigenvalue weighted by Gasteiger charge is -1.96. The van der Waals surface area contributed by atoms with Gasteiger partial charge in [0.15, 0.2) is 0 Å². The summed E-state index contributed by atoms with van der Waals surface area (Å²) in [4.78, 5) is 10.6. The van der Waals surface area contributed by atoms with Gasteiger partial charge in [-0.25, -0.2) is 4.79 Å². The standard InChI is InChI=1S/C9H7NO3/c11-9(12)7-2-1-6-3-4-10(13)8(6)5-7/h1-5,13H,(H,11,12). The highest BCUT2D eigenvalue weighted by Crippen LogP contribution is 2.16. The predicted octanol–water partition coefficient (Wildman–Crippen LogP) is 1.58. The van der Waals surface area contributed by atoms with E-state index in [9.17, 15) is 10.0 Å². The van der Waals surface area contributed by atoms with E-state index in [2.05, 4.69) is 0 Å². The number of hydrogen-bond acceptors (Lipinski definition) is 2. The first-order chi connectivity index (χ1) is 6.18. The molecule has 0 aliphatic heterocycles. The van der Waals surface area contributed by atoms with Crippen LogP contribution in [-0.4, -0.2) is 21.0 Å². The van der Waals surface area contributed by atoms with Crippen molar-refractivity contribution < 1.29 is 15.1 Å². The minimum absolute atomic E-state index is 0.168. The molecule has 1 aromatic heterocycles. The van der Waals surface area contributed by atoms with Gasteiger partial charge in [0.1, 0.15) is 0 Å². The van der Waals surface area contributed by atoms with Gasteiger partial charge in [0, 0.05) is 11.6 Å². The first kappa shape index (κ1) is 7.67. The zero-order chi connectivity index (χ0) is 9.42. The van der Waals surface area contributed by atoms with Crippen molar-refractivity contribution in [1.29, 1.82) is 0 Å². The number of aromatic nitrogens is 1. The maximum absolute atomic E-state index is 10.6. The Morgan fingerprint density at radius 2 is 2.08 bits per heavy atom. The molecule has 2 rings (SSSR count). The van der Waals surface area contributed by atoms with Crippen molar-refractivity contribution in [1.82, 2.24) is 4.73 Å². The molecule has 0 aliphatic carbocycles. The second kappa shape index (κ2) is 2.52. The first-order valence-corrected chi connectivity index (χ1v) is 3.72. The Bertz CT molecular complexity index is 473.